The highest BCUT2D eigenvalue weighted by Gasteiger charge is 2.22. The fourth-order valence-electron chi connectivity index (χ4n) is 2.21. The van der Waals surface area contributed by atoms with Crippen LogP contribution in [0.4, 0.5) is 17.1 Å². The molecule has 0 bridgehead atoms. The minimum absolute atomic E-state index is 0.0615. The normalized spacial score (nSPS) is 15.0. The number of nitro benzene ring substituents is 1. The number of hydrogen-bond acceptors (Lipinski definition) is 5. The zero-order valence-corrected chi connectivity index (χ0v) is 12.5. The van der Waals surface area contributed by atoms with Gasteiger partial charge in [0.2, 0.25) is 5.91 Å². The molecule has 1 unspecified atom stereocenters. The molecule has 0 aromatic heterocycles. The van der Waals surface area contributed by atoms with Crippen molar-refractivity contribution in [1.29, 1.82) is 0 Å². The maximum atomic E-state index is 11.3. The Balaban J connectivity index is 2.17. The van der Waals surface area contributed by atoms with Gasteiger partial charge in [-0.1, -0.05) is 0 Å². The lowest BCUT2D eigenvalue weighted by Gasteiger charge is -2.18. The molecule has 1 aliphatic rings. The second-order valence-electron chi connectivity index (χ2n) is 4.89. The number of nitrogens with zero attached hydrogens (tertiary/aromatic N) is 1. The van der Waals surface area contributed by atoms with Crippen molar-refractivity contribution in [2.75, 3.05) is 29.2 Å². The lowest BCUT2D eigenvalue weighted by Crippen LogP contribution is -2.19. The van der Waals surface area contributed by atoms with Crippen molar-refractivity contribution in [3.8, 4) is 0 Å². The summed E-state index contributed by atoms with van der Waals surface area (Å²) < 4.78 is 11.0. The average molecular weight is 311 g/mol. The van der Waals surface area contributed by atoms with Crippen LogP contribution in [0, 0.1) is 10.1 Å². The molecule has 2 N–H and O–H groups in total. The summed E-state index contributed by atoms with van der Waals surface area (Å²) in [5.74, 6) is 0.435. The summed E-state index contributed by atoms with van der Waals surface area (Å²) >= 11 is 0. The first-order valence-corrected chi connectivity index (χ1v) is 8.35. The van der Waals surface area contributed by atoms with Gasteiger partial charge in [-0.2, -0.15) is 0 Å². The Labute approximate surface area is 124 Å². The number of fused-ring (bicyclic) bond motifs is 1. The highest BCUT2D eigenvalue weighted by Crippen LogP contribution is 2.34. The third kappa shape index (κ3) is 4.01. The number of nitrogens with one attached hydrogen (secondary N) is 2. The molecule has 2 rings (SSSR count). The Hall–Kier alpha value is -1.96. The monoisotopic (exact) mass is 311 g/mol. The van der Waals surface area contributed by atoms with Crippen LogP contribution in [-0.2, 0) is 22.0 Å². The maximum absolute atomic E-state index is 11.3. The van der Waals surface area contributed by atoms with Gasteiger partial charge in [0.15, 0.2) is 0 Å². The van der Waals surface area contributed by atoms with E-state index in [9.17, 15) is 19.1 Å². The molecule has 1 aliphatic heterocycles. The zero-order valence-electron chi connectivity index (χ0n) is 11.7. The Bertz CT molecular complexity index is 603. The van der Waals surface area contributed by atoms with Gasteiger partial charge in [0, 0.05) is 41.8 Å². The highest BCUT2D eigenvalue weighted by molar-refractivity contribution is 7.84. The van der Waals surface area contributed by atoms with Crippen LogP contribution < -0.4 is 10.6 Å². The molecular weight excluding hydrogens is 294 g/mol. The minimum atomic E-state index is -0.865. The quantitative estimate of drug-likeness (QED) is 0.472. The largest absolute Gasteiger partial charge is 0.379 e. The molecule has 0 saturated carbocycles. The van der Waals surface area contributed by atoms with Crippen molar-refractivity contribution in [1.82, 2.24) is 0 Å². The summed E-state index contributed by atoms with van der Waals surface area (Å²) in [5, 5.41) is 16.8. The smallest absolute Gasteiger partial charge is 0.294 e. The Kier molecular flexibility index (Phi) is 4.89. The van der Waals surface area contributed by atoms with E-state index in [-0.39, 0.29) is 11.6 Å². The van der Waals surface area contributed by atoms with E-state index in [1.54, 1.807) is 12.3 Å². The van der Waals surface area contributed by atoms with E-state index < -0.39 is 15.7 Å². The lowest BCUT2D eigenvalue weighted by atomic mass is 10.0. The number of carbonyl (C=O) groups excluding carboxylic acids is 1. The first-order valence-electron chi connectivity index (χ1n) is 6.62. The molecule has 114 valence electrons. The van der Waals surface area contributed by atoms with Gasteiger partial charge in [0.1, 0.15) is 5.69 Å². The zero-order chi connectivity index (χ0) is 15.4. The van der Waals surface area contributed by atoms with Crippen molar-refractivity contribution in [2.24, 2.45) is 0 Å². The number of benzene rings is 1. The molecule has 0 fully saturated rings. The highest BCUT2D eigenvalue weighted by atomic mass is 32.2. The second-order valence-corrected chi connectivity index (χ2v) is 6.44. The molecule has 7 nitrogen and oxygen atoms in total. The molecule has 8 heteroatoms. The Morgan fingerprint density at radius 3 is 2.86 bits per heavy atom. The van der Waals surface area contributed by atoms with E-state index in [1.165, 1.54) is 6.07 Å². The number of carbonyl (C=O) groups is 1. The van der Waals surface area contributed by atoms with Gasteiger partial charge in [-0.3, -0.25) is 19.1 Å². The molecular formula is C13H17N3O4S. The minimum Gasteiger partial charge on any atom is -0.379 e. The van der Waals surface area contributed by atoms with E-state index in [2.05, 4.69) is 10.6 Å². The Morgan fingerprint density at radius 2 is 2.19 bits per heavy atom. The molecule has 1 aromatic rings. The van der Waals surface area contributed by atoms with Gasteiger partial charge in [-0.05, 0) is 24.5 Å². The van der Waals surface area contributed by atoms with Gasteiger partial charge in [-0.15, -0.1) is 0 Å². The number of rotatable bonds is 6. The second kappa shape index (κ2) is 6.66. The van der Waals surface area contributed by atoms with E-state index in [0.717, 1.165) is 5.56 Å². The van der Waals surface area contributed by atoms with Gasteiger partial charge in [0.05, 0.1) is 10.6 Å². The van der Waals surface area contributed by atoms with Gasteiger partial charge < -0.3 is 10.6 Å². The van der Waals surface area contributed by atoms with Crippen LogP contribution in [0.3, 0.4) is 0 Å². The van der Waals surface area contributed by atoms with Crippen molar-refractivity contribution in [3.05, 3.63) is 27.8 Å². The third-order valence-corrected chi connectivity index (χ3v) is 4.10. The fourth-order valence-corrected chi connectivity index (χ4v) is 2.76. The van der Waals surface area contributed by atoms with Crippen LogP contribution >= 0.6 is 0 Å². The first kappa shape index (κ1) is 15.4. The summed E-state index contributed by atoms with van der Waals surface area (Å²) in [4.78, 5) is 22.0. The third-order valence-electron chi connectivity index (χ3n) is 3.24. The van der Waals surface area contributed by atoms with Crippen molar-refractivity contribution < 1.29 is 13.9 Å². The standard InChI is InChI=1S/C13H17N3O4S/c1-21(20)6-2-5-14-11-7-9-3-4-13(17)15-10(9)8-12(11)16(18)19/h7-8,14H,2-6H2,1H3,(H,15,17). The first-order chi connectivity index (χ1) is 9.97. The van der Waals surface area contributed by atoms with Crippen molar-refractivity contribution in [3.63, 3.8) is 0 Å². The van der Waals surface area contributed by atoms with E-state index in [0.29, 0.717) is 42.9 Å². The molecule has 1 heterocycles. The van der Waals surface area contributed by atoms with Gasteiger partial charge in [-0.25, -0.2) is 0 Å². The van der Waals surface area contributed by atoms with Crippen LogP contribution in [-0.4, -0.2) is 33.6 Å². The van der Waals surface area contributed by atoms with Crippen LogP contribution in [0.2, 0.25) is 0 Å². The summed E-state index contributed by atoms with van der Waals surface area (Å²) in [6.07, 6.45) is 3.27. The predicted molar refractivity (Wildman–Crippen MR) is 82.1 cm³/mol. The number of amides is 1. The van der Waals surface area contributed by atoms with Crippen LogP contribution in [0.5, 0.6) is 0 Å². The average Bonchev–Trinajstić information content (AvgIpc) is 2.42. The van der Waals surface area contributed by atoms with E-state index >= 15 is 0 Å². The molecule has 0 aliphatic carbocycles. The summed E-state index contributed by atoms with van der Waals surface area (Å²) in [6, 6.07) is 3.11. The SMILES string of the molecule is CS(=O)CCCNc1cc2c(cc1[N+](=O)[O-])NC(=O)CC2. The lowest BCUT2D eigenvalue weighted by molar-refractivity contribution is -0.383. The number of hydrogen-bond donors (Lipinski definition) is 2. The van der Waals surface area contributed by atoms with Crippen LogP contribution in [0.1, 0.15) is 18.4 Å². The summed E-state index contributed by atoms with van der Waals surface area (Å²) in [7, 11) is -0.865. The summed E-state index contributed by atoms with van der Waals surface area (Å²) in [6.45, 7) is 0.519. The van der Waals surface area contributed by atoms with Gasteiger partial charge in [0.25, 0.3) is 5.69 Å². The Morgan fingerprint density at radius 1 is 1.43 bits per heavy atom. The topological polar surface area (TPSA) is 101 Å². The molecule has 21 heavy (non-hydrogen) atoms. The van der Waals surface area contributed by atoms with Crippen LogP contribution in [0.15, 0.2) is 12.1 Å². The maximum Gasteiger partial charge on any atom is 0.294 e. The molecule has 0 radical (unpaired) electrons. The van der Waals surface area contributed by atoms with Gasteiger partial charge >= 0.3 is 0 Å². The molecule has 1 atom stereocenters. The fraction of sp³-hybridized carbons (Fsp3) is 0.462. The number of nitro groups is 1. The molecule has 1 amide bonds. The van der Waals surface area contributed by atoms with Crippen LogP contribution in [0.25, 0.3) is 0 Å². The number of anilines is 2. The molecule has 0 saturated heterocycles. The summed E-state index contributed by atoms with van der Waals surface area (Å²) in [5.41, 5.74) is 1.78. The van der Waals surface area contributed by atoms with E-state index in [1.807, 2.05) is 0 Å². The van der Waals surface area contributed by atoms with Crippen molar-refractivity contribution in [2.45, 2.75) is 19.3 Å². The number of aryl methyl sites for hydroxylation is 1. The predicted octanol–water partition coefficient (Wildman–Crippen LogP) is 1.66. The molecule has 1 aromatic carbocycles. The van der Waals surface area contributed by atoms with E-state index in [4.69, 9.17) is 0 Å². The van der Waals surface area contributed by atoms with Crippen molar-refractivity contribution >= 4 is 33.8 Å². The molecule has 0 spiro atoms.